The van der Waals surface area contributed by atoms with Crippen LogP contribution in [0.25, 0.3) is 0 Å². The number of rotatable bonds is 4. The first-order valence-electron chi connectivity index (χ1n) is 6.28. The summed E-state index contributed by atoms with van der Waals surface area (Å²) in [6.45, 7) is 5.14. The van der Waals surface area contributed by atoms with Crippen molar-refractivity contribution in [2.24, 2.45) is 0 Å². The number of ether oxygens (including phenoxy) is 1. The van der Waals surface area contributed by atoms with Crippen molar-refractivity contribution >= 4 is 29.4 Å². The summed E-state index contributed by atoms with van der Waals surface area (Å²) < 4.78 is 5.11. The predicted molar refractivity (Wildman–Crippen MR) is 78.5 cm³/mol. The number of aliphatic hydroxyl groups is 1. The molecule has 1 rings (SSSR count). The molecule has 0 fully saturated rings. The van der Waals surface area contributed by atoms with Crippen LogP contribution in [-0.2, 0) is 9.53 Å². The standard InChI is InChI=1S/C14H18ClNO5/c1-14(2,3)21-13(20)16-10-6-8(15)4-5-9(10)11(17)7-12(18)19/h4-6,11,17H,7H2,1-3H3,(H,16,20)(H,18,19)/t11-/m1/s1. The van der Waals surface area contributed by atoms with Crippen molar-refractivity contribution in [2.75, 3.05) is 5.32 Å². The fourth-order valence-corrected chi connectivity index (χ4v) is 1.79. The maximum Gasteiger partial charge on any atom is 0.412 e. The molecule has 0 aliphatic heterocycles. The van der Waals surface area contributed by atoms with E-state index in [0.29, 0.717) is 5.02 Å². The van der Waals surface area contributed by atoms with E-state index in [1.54, 1.807) is 20.8 Å². The van der Waals surface area contributed by atoms with Gasteiger partial charge in [-0.3, -0.25) is 10.1 Å². The van der Waals surface area contributed by atoms with Gasteiger partial charge in [-0.15, -0.1) is 0 Å². The van der Waals surface area contributed by atoms with Gasteiger partial charge in [0, 0.05) is 10.6 Å². The fraction of sp³-hybridized carbons (Fsp3) is 0.429. The first-order chi connectivity index (χ1) is 9.58. The molecule has 1 amide bonds. The Morgan fingerprint density at radius 3 is 2.52 bits per heavy atom. The minimum atomic E-state index is -1.26. The van der Waals surface area contributed by atoms with E-state index in [0.717, 1.165) is 0 Å². The van der Waals surface area contributed by atoms with Gasteiger partial charge in [0.05, 0.1) is 18.2 Å². The number of benzene rings is 1. The number of carbonyl (C=O) groups is 2. The first kappa shape index (κ1) is 17.3. The highest BCUT2D eigenvalue weighted by Gasteiger charge is 2.20. The molecule has 0 radical (unpaired) electrons. The second-order valence-corrected chi connectivity index (χ2v) is 5.91. The number of carboxylic acid groups (broad SMARTS) is 1. The number of hydrogen-bond acceptors (Lipinski definition) is 4. The van der Waals surface area contributed by atoms with E-state index in [9.17, 15) is 14.7 Å². The molecule has 0 aliphatic rings. The Hall–Kier alpha value is -1.79. The second-order valence-electron chi connectivity index (χ2n) is 5.47. The molecule has 1 aromatic rings. The van der Waals surface area contributed by atoms with Crippen molar-refractivity contribution in [2.45, 2.75) is 38.9 Å². The smallest absolute Gasteiger partial charge is 0.412 e. The molecule has 3 N–H and O–H groups in total. The number of nitrogens with one attached hydrogen (secondary N) is 1. The summed E-state index contributed by atoms with van der Waals surface area (Å²) >= 11 is 5.85. The van der Waals surface area contributed by atoms with Crippen molar-refractivity contribution in [3.05, 3.63) is 28.8 Å². The zero-order valence-corrected chi connectivity index (χ0v) is 12.8. The van der Waals surface area contributed by atoms with Crippen LogP contribution in [0.15, 0.2) is 18.2 Å². The highest BCUT2D eigenvalue weighted by atomic mass is 35.5. The molecule has 0 saturated heterocycles. The number of carboxylic acids is 1. The van der Waals surface area contributed by atoms with Crippen LogP contribution in [0.3, 0.4) is 0 Å². The summed E-state index contributed by atoms with van der Waals surface area (Å²) in [5, 5.41) is 21.4. The summed E-state index contributed by atoms with van der Waals surface area (Å²) in [6, 6.07) is 4.39. The third-order valence-electron chi connectivity index (χ3n) is 2.38. The van der Waals surface area contributed by atoms with Gasteiger partial charge in [-0.05, 0) is 32.9 Å². The van der Waals surface area contributed by atoms with E-state index in [4.69, 9.17) is 21.4 Å². The largest absolute Gasteiger partial charge is 0.481 e. The van der Waals surface area contributed by atoms with Crippen molar-refractivity contribution in [3.63, 3.8) is 0 Å². The van der Waals surface area contributed by atoms with Gasteiger partial charge in [-0.1, -0.05) is 17.7 Å². The van der Waals surface area contributed by atoms with Crippen LogP contribution in [-0.4, -0.2) is 27.9 Å². The molecule has 116 valence electrons. The van der Waals surface area contributed by atoms with E-state index < -0.39 is 30.2 Å². The number of halogens is 1. The van der Waals surface area contributed by atoms with E-state index >= 15 is 0 Å². The van der Waals surface area contributed by atoms with Crippen molar-refractivity contribution in [1.82, 2.24) is 0 Å². The summed E-state index contributed by atoms with van der Waals surface area (Å²) in [7, 11) is 0. The van der Waals surface area contributed by atoms with Crippen molar-refractivity contribution in [3.8, 4) is 0 Å². The minimum absolute atomic E-state index is 0.213. The molecular formula is C14H18ClNO5. The van der Waals surface area contributed by atoms with Gasteiger partial charge in [0.25, 0.3) is 0 Å². The van der Waals surface area contributed by atoms with Gasteiger partial charge in [0.15, 0.2) is 0 Å². The van der Waals surface area contributed by atoms with Crippen LogP contribution < -0.4 is 5.32 Å². The summed E-state index contributed by atoms with van der Waals surface area (Å²) in [6.07, 6.45) is -2.46. The topological polar surface area (TPSA) is 95.9 Å². The van der Waals surface area contributed by atoms with Crippen molar-refractivity contribution < 1.29 is 24.5 Å². The maximum atomic E-state index is 11.8. The van der Waals surface area contributed by atoms with E-state index in [1.165, 1.54) is 18.2 Å². The Morgan fingerprint density at radius 1 is 1.38 bits per heavy atom. The number of anilines is 1. The molecule has 0 aliphatic carbocycles. The fourth-order valence-electron chi connectivity index (χ4n) is 1.62. The van der Waals surface area contributed by atoms with E-state index in [1.807, 2.05) is 0 Å². The van der Waals surface area contributed by atoms with Gasteiger partial charge in [0.2, 0.25) is 0 Å². The molecule has 0 spiro atoms. The Morgan fingerprint density at radius 2 is 2.00 bits per heavy atom. The Balaban J connectivity index is 2.97. The third kappa shape index (κ3) is 6.01. The maximum absolute atomic E-state index is 11.8. The average molecular weight is 316 g/mol. The van der Waals surface area contributed by atoms with E-state index in [2.05, 4.69) is 5.32 Å². The van der Waals surface area contributed by atoms with E-state index in [-0.39, 0.29) is 11.3 Å². The summed E-state index contributed by atoms with van der Waals surface area (Å²) in [4.78, 5) is 22.4. The average Bonchev–Trinajstić information content (AvgIpc) is 2.24. The van der Waals surface area contributed by atoms with Crippen LogP contribution >= 0.6 is 11.6 Å². The number of carbonyl (C=O) groups excluding carboxylic acids is 1. The molecule has 0 bridgehead atoms. The van der Waals surface area contributed by atoms with Crippen LogP contribution in [0.1, 0.15) is 38.9 Å². The molecule has 1 atom stereocenters. The SMILES string of the molecule is CC(C)(C)OC(=O)Nc1cc(Cl)ccc1[C@H](O)CC(=O)O. The Kier molecular flexibility index (Phi) is 5.57. The zero-order valence-electron chi connectivity index (χ0n) is 12.0. The lowest BCUT2D eigenvalue weighted by Crippen LogP contribution is -2.27. The van der Waals surface area contributed by atoms with Gasteiger partial charge in [-0.25, -0.2) is 4.79 Å². The summed E-state index contributed by atoms with van der Waals surface area (Å²) in [5.41, 5.74) is -0.208. The lowest BCUT2D eigenvalue weighted by atomic mass is 10.0. The number of aliphatic hydroxyl groups excluding tert-OH is 1. The zero-order chi connectivity index (χ0) is 16.2. The Bertz CT molecular complexity index is 539. The molecule has 21 heavy (non-hydrogen) atoms. The van der Waals surface area contributed by atoms with Gasteiger partial charge in [0.1, 0.15) is 5.60 Å². The Labute approximate surface area is 127 Å². The molecule has 0 unspecified atom stereocenters. The van der Waals surface area contributed by atoms with Crippen LogP contribution in [0, 0.1) is 0 Å². The molecule has 7 heteroatoms. The molecule has 0 heterocycles. The second kappa shape index (κ2) is 6.78. The predicted octanol–water partition coefficient (Wildman–Crippen LogP) is 3.20. The lowest BCUT2D eigenvalue weighted by molar-refractivity contribution is -0.139. The number of aliphatic carboxylic acids is 1. The number of amides is 1. The first-order valence-corrected chi connectivity index (χ1v) is 6.65. The molecule has 1 aromatic carbocycles. The molecule has 0 aromatic heterocycles. The van der Waals surface area contributed by atoms with Crippen LogP contribution in [0.5, 0.6) is 0 Å². The van der Waals surface area contributed by atoms with Crippen LogP contribution in [0.2, 0.25) is 5.02 Å². The minimum Gasteiger partial charge on any atom is -0.481 e. The monoisotopic (exact) mass is 315 g/mol. The molecular weight excluding hydrogens is 298 g/mol. The quantitative estimate of drug-likeness (QED) is 0.793. The normalized spacial score (nSPS) is 12.6. The van der Waals surface area contributed by atoms with Crippen molar-refractivity contribution in [1.29, 1.82) is 0 Å². The number of hydrogen-bond donors (Lipinski definition) is 3. The van der Waals surface area contributed by atoms with Gasteiger partial charge in [-0.2, -0.15) is 0 Å². The van der Waals surface area contributed by atoms with Gasteiger partial charge < -0.3 is 14.9 Å². The lowest BCUT2D eigenvalue weighted by Gasteiger charge is -2.21. The highest BCUT2D eigenvalue weighted by Crippen LogP contribution is 2.28. The van der Waals surface area contributed by atoms with Crippen LogP contribution in [0.4, 0.5) is 10.5 Å². The molecule has 0 saturated carbocycles. The van der Waals surface area contributed by atoms with Gasteiger partial charge >= 0.3 is 12.1 Å². The molecule has 6 nitrogen and oxygen atoms in total. The summed E-state index contributed by atoms with van der Waals surface area (Å²) in [5.74, 6) is -1.15. The highest BCUT2D eigenvalue weighted by molar-refractivity contribution is 6.31. The third-order valence-corrected chi connectivity index (χ3v) is 2.61.